The van der Waals surface area contributed by atoms with Gasteiger partial charge >= 0.3 is 6.16 Å². The van der Waals surface area contributed by atoms with Crippen molar-refractivity contribution in [2.45, 2.75) is 24.9 Å². The Morgan fingerprint density at radius 2 is 1.37 bits per heavy atom. The SMILES string of the molecule is O=C(O)OC1(CCCN2CCN(C(=O)Cc3ccccc3)CC2)c2ccccc2-c2ccccc21. The van der Waals surface area contributed by atoms with Crippen molar-refractivity contribution < 1.29 is 19.4 Å². The lowest BCUT2D eigenvalue weighted by molar-refractivity contribution is -0.132. The molecule has 1 heterocycles. The fraction of sp³-hybridized carbons (Fsp3) is 0.310. The van der Waals surface area contributed by atoms with Gasteiger partial charge in [0.2, 0.25) is 5.91 Å². The molecule has 0 saturated carbocycles. The molecule has 0 atom stereocenters. The predicted octanol–water partition coefficient (Wildman–Crippen LogP) is 4.77. The molecule has 0 unspecified atom stereocenters. The summed E-state index contributed by atoms with van der Waals surface area (Å²) in [7, 11) is 0. The monoisotopic (exact) mass is 470 g/mol. The van der Waals surface area contributed by atoms with Gasteiger partial charge in [0.05, 0.1) is 6.42 Å². The third kappa shape index (κ3) is 4.66. The average molecular weight is 471 g/mol. The van der Waals surface area contributed by atoms with Crippen LogP contribution in [0.2, 0.25) is 0 Å². The number of carboxylic acid groups (broad SMARTS) is 1. The highest BCUT2D eigenvalue weighted by Crippen LogP contribution is 2.51. The second kappa shape index (κ2) is 9.92. The lowest BCUT2D eigenvalue weighted by Gasteiger charge is -2.36. The second-order valence-corrected chi connectivity index (χ2v) is 9.27. The smallest absolute Gasteiger partial charge is 0.450 e. The zero-order valence-electron chi connectivity index (χ0n) is 19.7. The molecule has 2 aliphatic rings. The highest BCUT2D eigenvalue weighted by atomic mass is 16.7. The van der Waals surface area contributed by atoms with Crippen molar-refractivity contribution in [1.29, 1.82) is 0 Å². The van der Waals surface area contributed by atoms with Gasteiger partial charge in [-0.3, -0.25) is 9.69 Å². The molecule has 0 radical (unpaired) electrons. The van der Waals surface area contributed by atoms with Gasteiger partial charge in [0, 0.05) is 37.3 Å². The topological polar surface area (TPSA) is 70.1 Å². The first kappa shape index (κ1) is 23.1. The van der Waals surface area contributed by atoms with E-state index in [9.17, 15) is 14.7 Å². The van der Waals surface area contributed by atoms with E-state index in [1.807, 2.05) is 83.8 Å². The molecular formula is C29H30N2O4. The van der Waals surface area contributed by atoms with E-state index in [4.69, 9.17) is 4.74 Å². The Kier molecular flexibility index (Phi) is 6.55. The zero-order chi connectivity index (χ0) is 24.3. The number of piperazine rings is 1. The third-order valence-electron chi connectivity index (χ3n) is 7.20. The van der Waals surface area contributed by atoms with Crippen LogP contribution in [0.25, 0.3) is 11.1 Å². The van der Waals surface area contributed by atoms with E-state index in [0.717, 1.165) is 53.9 Å². The summed E-state index contributed by atoms with van der Waals surface area (Å²) in [6.45, 7) is 3.90. The van der Waals surface area contributed by atoms with Crippen LogP contribution in [0, 0.1) is 0 Å². The summed E-state index contributed by atoms with van der Waals surface area (Å²) >= 11 is 0. The minimum atomic E-state index is -1.26. The van der Waals surface area contributed by atoms with Gasteiger partial charge < -0.3 is 14.7 Å². The number of carbonyl (C=O) groups is 2. The van der Waals surface area contributed by atoms with Crippen molar-refractivity contribution in [3.05, 3.63) is 95.6 Å². The molecule has 0 aromatic heterocycles. The molecule has 0 spiro atoms. The normalized spacial score (nSPS) is 16.4. The molecule has 1 aliphatic heterocycles. The Morgan fingerprint density at radius 3 is 1.97 bits per heavy atom. The molecule has 6 heteroatoms. The number of carbonyl (C=O) groups excluding carboxylic acids is 1. The molecule has 1 N–H and O–H groups in total. The largest absolute Gasteiger partial charge is 0.507 e. The number of hydrogen-bond acceptors (Lipinski definition) is 4. The van der Waals surface area contributed by atoms with E-state index < -0.39 is 11.8 Å². The standard InChI is InChI=1S/C29H30N2O4/c32-27(21-22-9-2-1-3-10-22)31-19-17-30(18-20-31)16-8-15-29(35-28(33)34)25-13-6-4-11-23(25)24-12-5-7-14-26(24)29/h1-7,9-14H,8,15-21H2,(H,33,34). The summed E-state index contributed by atoms with van der Waals surface area (Å²) in [6.07, 6.45) is 0.533. The number of rotatable bonds is 7. The van der Waals surface area contributed by atoms with E-state index in [-0.39, 0.29) is 5.91 Å². The Morgan fingerprint density at radius 1 is 0.800 bits per heavy atom. The first-order valence-electron chi connectivity index (χ1n) is 12.2. The fourth-order valence-corrected chi connectivity index (χ4v) is 5.52. The van der Waals surface area contributed by atoms with Gasteiger partial charge in [0.15, 0.2) is 5.60 Å². The van der Waals surface area contributed by atoms with Gasteiger partial charge in [-0.25, -0.2) is 4.79 Å². The van der Waals surface area contributed by atoms with Gasteiger partial charge in [-0.2, -0.15) is 0 Å². The minimum absolute atomic E-state index is 0.170. The summed E-state index contributed by atoms with van der Waals surface area (Å²) in [5.74, 6) is 0.170. The highest BCUT2D eigenvalue weighted by Gasteiger charge is 2.46. The third-order valence-corrected chi connectivity index (χ3v) is 7.20. The quantitative estimate of drug-likeness (QED) is 0.504. The first-order chi connectivity index (χ1) is 17.1. The summed E-state index contributed by atoms with van der Waals surface area (Å²) in [5.41, 5.74) is 3.96. The Hall–Kier alpha value is -3.64. The molecule has 1 amide bonds. The van der Waals surface area contributed by atoms with Gasteiger partial charge in [-0.15, -0.1) is 0 Å². The van der Waals surface area contributed by atoms with E-state index >= 15 is 0 Å². The molecule has 1 saturated heterocycles. The maximum Gasteiger partial charge on any atom is 0.507 e. The van der Waals surface area contributed by atoms with Crippen molar-refractivity contribution in [3.63, 3.8) is 0 Å². The van der Waals surface area contributed by atoms with Crippen molar-refractivity contribution in [2.24, 2.45) is 0 Å². The van der Waals surface area contributed by atoms with Gasteiger partial charge in [-0.05, 0) is 36.1 Å². The van der Waals surface area contributed by atoms with E-state index in [0.29, 0.717) is 25.9 Å². The molecule has 5 rings (SSSR count). The van der Waals surface area contributed by atoms with Crippen molar-refractivity contribution in [2.75, 3.05) is 32.7 Å². The Labute approximate surface area is 205 Å². The molecule has 180 valence electrons. The maximum absolute atomic E-state index is 12.7. The minimum Gasteiger partial charge on any atom is -0.450 e. The van der Waals surface area contributed by atoms with Crippen LogP contribution >= 0.6 is 0 Å². The summed E-state index contributed by atoms with van der Waals surface area (Å²) in [5, 5.41) is 9.66. The van der Waals surface area contributed by atoms with Gasteiger partial charge in [0.1, 0.15) is 0 Å². The average Bonchev–Trinajstić information content (AvgIpc) is 3.15. The molecule has 0 bridgehead atoms. The Balaban J connectivity index is 1.22. The second-order valence-electron chi connectivity index (χ2n) is 9.27. The van der Waals surface area contributed by atoms with Crippen LogP contribution in [0.3, 0.4) is 0 Å². The van der Waals surface area contributed by atoms with Gasteiger partial charge in [0.25, 0.3) is 0 Å². The summed E-state index contributed by atoms with van der Waals surface area (Å²) in [4.78, 5) is 28.8. The van der Waals surface area contributed by atoms with Crippen molar-refractivity contribution in [3.8, 4) is 11.1 Å². The maximum atomic E-state index is 12.7. The number of benzene rings is 3. The first-order valence-corrected chi connectivity index (χ1v) is 12.2. The zero-order valence-corrected chi connectivity index (χ0v) is 19.7. The van der Waals surface area contributed by atoms with Gasteiger partial charge in [-0.1, -0.05) is 78.9 Å². The molecule has 1 fully saturated rings. The molecule has 6 nitrogen and oxygen atoms in total. The van der Waals surface area contributed by atoms with Crippen LogP contribution in [0.15, 0.2) is 78.9 Å². The predicted molar refractivity (Wildman–Crippen MR) is 134 cm³/mol. The van der Waals surface area contributed by atoms with Crippen LogP contribution in [0.1, 0.15) is 29.5 Å². The van der Waals surface area contributed by atoms with Crippen LogP contribution in [0.5, 0.6) is 0 Å². The summed E-state index contributed by atoms with van der Waals surface area (Å²) in [6, 6.07) is 25.7. The van der Waals surface area contributed by atoms with E-state index in [1.54, 1.807) is 0 Å². The lowest BCUT2D eigenvalue weighted by Crippen LogP contribution is -2.49. The molecule has 1 aliphatic carbocycles. The number of fused-ring (bicyclic) bond motifs is 3. The van der Waals surface area contributed by atoms with E-state index in [1.165, 1.54) is 0 Å². The number of nitrogens with zero attached hydrogens (tertiary/aromatic N) is 2. The lowest BCUT2D eigenvalue weighted by atomic mass is 9.86. The molecule has 3 aromatic carbocycles. The highest BCUT2D eigenvalue weighted by molar-refractivity contribution is 5.81. The molecule has 3 aromatic rings. The van der Waals surface area contributed by atoms with Crippen LogP contribution in [0.4, 0.5) is 4.79 Å². The number of hydrogen-bond donors (Lipinski definition) is 1. The molecule has 35 heavy (non-hydrogen) atoms. The van der Waals surface area contributed by atoms with Crippen molar-refractivity contribution >= 4 is 12.1 Å². The number of amides is 1. The van der Waals surface area contributed by atoms with Crippen LogP contribution in [-0.2, 0) is 21.6 Å². The van der Waals surface area contributed by atoms with E-state index in [2.05, 4.69) is 4.90 Å². The van der Waals surface area contributed by atoms with Crippen molar-refractivity contribution in [1.82, 2.24) is 9.80 Å². The Bertz CT molecular complexity index is 1160. The van der Waals surface area contributed by atoms with Crippen LogP contribution < -0.4 is 0 Å². The fourth-order valence-electron chi connectivity index (χ4n) is 5.52. The molecular weight excluding hydrogens is 440 g/mol. The van der Waals surface area contributed by atoms with Crippen LogP contribution in [-0.4, -0.2) is 59.7 Å². The number of ether oxygens (including phenoxy) is 1. The summed E-state index contributed by atoms with van der Waals surface area (Å²) < 4.78 is 5.69.